The van der Waals surface area contributed by atoms with Crippen molar-refractivity contribution in [3.8, 4) is 0 Å². The van der Waals surface area contributed by atoms with Crippen LogP contribution >= 0.6 is 11.6 Å². The van der Waals surface area contributed by atoms with Crippen LogP contribution in [0.15, 0.2) is 24.4 Å². The van der Waals surface area contributed by atoms with Gasteiger partial charge in [-0.25, -0.2) is 0 Å². The number of carbonyl (C=O) groups excluding carboxylic acids is 1. The molecule has 1 spiro atoms. The molecule has 134 valence electrons. The summed E-state index contributed by atoms with van der Waals surface area (Å²) in [6.07, 6.45) is 6.23. The quantitative estimate of drug-likeness (QED) is 0.682. The van der Waals surface area contributed by atoms with Gasteiger partial charge >= 0.3 is 0 Å². The van der Waals surface area contributed by atoms with Gasteiger partial charge in [0.15, 0.2) is 0 Å². The van der Waals surface area contributed by atoms with Gasteiger partial charge in [-0.15, -0.1) is 0 Å². The summed E-state index contributed by atoms with van der Waals surface area (Å²) in [5.41, 5.74) is 5.22. The zero-order valence-electron chi connectivity index (χ0n) is 14.7. The molecule has 1 unspecified atom stereocenters. The highest BCUT2D eigenvalue weighted by Crippen LogP contribution is 2.44. The maximum atomic E-state index is 13.3. The van der Waals surface area contributed by atoms with Crippen LogP contribution in [0.4, 0.5) is 0 Å². The molecule has 1 amide bonds. The lowest BCUT2D eigenvalue weighted by Gasteiger charge is -2.40. The Labute approximate surface area is 156 Å². The van der Waals surface area contributed by atoms with Gasteiger partial charge in [0.2, 0.25) is 0 Å². The van der Waals surface area contributed by atoms with Crippen LogP contribution in [0.5, 0.6) is 0 Å². The molecule has 0 saturated carbocycles. The summed E-state index contributed by atoms with van der Waals surface area (Å²) in [4.78, 5) is 18.6. The van der Waals surface area contributed by atoms with E-state index in [1.807, 2.05) is 36.2 Å². The predicted octanol–water partition coefficient (Wildman–Crippen LogP) is 3.97. The van der Waals surface area contributed by atoms with Crippen molar-refractivity contribution in [3.63, 3.8) is 0 Å². The van der Waals surface area contributed by atoms with Gasteiger partial charge in [0.1, 0.15) is 5.69 Å². The number of aromatic nitrogens is 3. The van der Waals surface area contributed by atoms with Crippen LogP contribution in [-0.2, 0) is 11.8 Å². The third-order valence-corrected chi connectivity index (χ3v) is 6.45. The number of carbonyl (C=O) groups is 1. The summed E-state index contributed by atoms with van der Waals surface area (Å²) in [7, 11) is 0. The van der Waals surface area contributed by atoms with Gasteiger partial charge in [0, 0.05) is 40.1 Å². The average molecular weight is 369 g/mol. The highest BCUT2D eigenvalue weighted by atomic mass is 35.5. The molecular formula is C20H21ClN4O. The van der Waals surface area contributed by atoms with Gasteiger partial charge < -0.3 is 9.88 Å². The molecule has 1 saturated heterocycles. The number of likely N-dealkylation sites (tertiary alicyclic amines) is 1. The van der Waals surface area contributed by atoms with Crippen LogP contribution in [0, 0.1) is 6.92 Å². The summed E-state index contributed by atoms with van der Waals surface area (Å²) < 4.78 is 0. The van der Waals surface area contributed by atoms with E-state index in [-0.39, 0.29) is 11.3 Å². The van der Waals surface area contributed by atoms with Crippen molar-refractivity contribution >= 4 is 28.4 Å². The van der Waals surface area contributed by atoms with E-state index in [1.165, 1.54) is 11.3 Å². The number of hydrogen-bond donors (Lipinski definition) is 2. The molecular weight excluding hydrogens is 348 g/mol. The molecule has 0 bridgehead atoms. The lowest BCUT2D eigenvalue weighted by molar-refractivity contribution is 0.0627. The van der Waals surface area contributed by atoms with Gasteiger partial charge in [-0.1, -0.05) is 11.6 Å². The van der Waals surface area contributed by atoms with Crippen LogP contribution in [0.3, 0.4) is 0 Å². The summed E-state index contributed by atoms with van der Waals surface area (Å²) >= 11 is 6.13. The monoisotopic (exact) mass is 368 g/mol. The zero-order valence-corrected chi connectivity index (χ0v) is 15.5. The average Bonchev–Trinajstić information content (AvgIpc) is 3.32. The number of fused-ring (bicyclic) bond motifs is 3. The maximum Gasteiger partial charge on any atom is 0.270 e. The topological polar surface area (TPSA) is 64.8 Å². The number of nitrogens with one attached hydrogen (secondary N) is 2. The van der Waals surface area contributed by atoms with E-state index in [1.54, 1.807) is 0 Å². The molecule has 1 aliphatic heterocycles. The van der Waals surface area contributed by atoms with Crippen LogP contribution < -0.4 is 0 Å². The van der Waals surface area contributed by atoms with Crippen LogP contribution in [-0.4, -0.2) is 39.1 Å². The van der Waals surface area contributed by atoms with Crippen LogP contribution in [0.2, 0.25) is 5.02 Å². The van der Waals surface area contributed by atoms with Gasteiger partial charge in [0.25, 0.3) is 5.91 Å². The van der Waals surface area contributed by atoms with Crippen molar-refractivity contribution in [2.45, 2.75) is 38.0 Å². The van der Waals surface area contributed by atoms with Crippen molar-refractivity contribution in [2.24, 2.45) is 0 Å². The number of H-pyrrole nitrogens is 2. The van der Waals surface area contributed by atoms with Crippen molar-refractivity contribution in [2.75, 3.05) is 13.1 Å². The number of benzene rings is 1. The molecule has 5 rings (SSSR count). The molecule has 3 heterocycles. The first kappa shape index (κ1) is 15.9. The summed E-state index contributed by atoms with van der Waals surface area (Å²) in [6, 6.07) is 5.71. The number of aryl methyl sites for hydroxylation is 2. The molecule has 3 aromatic rings. The highest BCUT2D eigenvalue weighted by Gasteiger charge is 2.44. The maximum absolute atomic E-state index is 13.3. The van der Waals surface area contributed by atoms with Crippen molar-refractivity contribution in [1.82, 2.24) is 20.1 Å². The molecule has 1 aliphatic carbocycles. The molecule has 5 nitrogen and oxygen atoms in total. The van der Waals surface area contributed by atoms with E-state index >= 15 is 0 Å². The van der Waals surface area contributed by atoms with Gasteiger partial charge in [-0.3, -0.25) is 9.89 Å². The SMILES string of the molecule is Cc1c(C(=O)N2CCCC3(CCc4cn[nH]c43)C2)[nH]c2ccc(Cl)cc12. The number of aromatic amines is 2. The van der Waals surface area contributed by atoms with Gasteiger partial charge in [0.05, 0.1) is 6.20 Å². The minimum absolute atomic E-state index is 0.0446. The minimum Gasteiger partial charge on any atom is -0.350 e. The number of halogens is 1. The first-order valence-corrected chi connectivity index (χ1v) is 9.55. The number of nitrogens with zero attached hydrogens (tertiary/aromatic N) is 2. The normalized spacial score (nSPS) is 22.3. The zero-order chi connectivity index (χ0) is 17.9. The lowest BCUT2D eigenvalue weighted by Crippen LogP contribution is -2.48. The Hall–Kier alpha value is -2.27. The summed E-state index contributed by atoms with van der Waals surface area (Å²) in [5, 5.41) is 9.14. The second-order valence-corrected chi connectivity index (χ2v) is 8.13. The molecule has 2 aromatic heterocycles. The smallest absolute Gasteiger partial charge is 0.270 e. The highest BCUT2D eigenvalue weighted by molar-refractivity contribution is 6.31. The fourth-order valence-electron chi connectivity index (χ4n) is 4.84. The van der Waals surface area contributed by atoms with E-state index < -0.39 is 0 Å². The third kappa shape index (κ3) is 2.23. The summed E-state index contributed by atoms with van der Waals surface area (Å²) in [5.74, 6) is 0.0851. The Kier molecular flexibility index (Phi) is 3.44. The van der Waals surface area contributed by atoms with Gasteiger partial charge in [-0.05, 0) is 61.9 Å². The fourth-order valence-corrected chi connectivity index (χ4v) is 5.01. The molecule has 2 aliphatic rings. The Balaban J connectivity index is 1.49. The van der Waals surface area contributed by atoms with E-state index in [9.17, 15) is 4.79 Å². The first-order chi connectivity index (χ1) is 12.6. The second kappa shape index (κ2) is 5.61. The number of hydrogen-bond acceptors (Lipinski definition) is 2. The van der Waals surface area contributed by atoms with E-state index in [4.69, 9.17) is 11.6 Å². The third-order valence-electron chi connectivity index (χ3n) is 6.22. The van der Waals surface area contributed by atoms with Gasteiger partial charge in [-0.2, -0.15) is 5.10 Å². The Morgan fingerprint density at radius 1 is 1.35 bits per heavy atom. The minimum atomic E-state index is 0.0446. The molecule has 6 heteroatoms. The Bertz CT molecular complexity index is 1020. The molecule has 2 N–H and O–H groups in total. The second-order valence-electron chi connectivity index (χ2n) is 7.70. The Morgan fingerprint density at radius 3 is 3.12 bits per heavy atom. The number of amides is 1. The Morgan fingerprint density at radius 2 is 2.23 bits per heavy atom. The van der Waals surface area contributed by atoms with Crippen molar-refractivity contribution in [3.05, 3.63) is 51.9 Å². The van der Waals surface area contributed by atoms with E-state index in [0.717, 1.165) is 55.2 Å². The molecule has 1 atom stereocenters. The summed E-state index contributed by atoms with van der Waals surface area (Å²) in [6.45, 7) is 3.56. The largest absolute Gasteiger partial charge is 0.350 e. The molecule has 1 aromatic carbocycles. The molecule has 0 radical (unpaired) electrons. The van der Waals surface area contributed by atoms with Crippen molar-refractivity contribution in [1.29, 1.82) is 0 Å². The number of piperidine rings is 1. The van der Waals surface area contributed by atoms with E-state index in [0.29, 0.717) is 10.7 Å². The van der Waals surface area contributed by atoms with E-state index in [2.05, 4.69) is 15.2 Å². The number of rotatable bonds is 1. The fraction of sp³-hybridized carbons (Fsp3) is 0.400. The predicted molar refractivity (Wildman–Crippen MR) is 102 cm³/mol. The standard InChI is InChI=1S/C20H21ClN4O/c1-12-15-9-14(21)3-4-16(15)23-17(12)19(26)25-8-2-6-20(11-25)7-5-13-10-22-24-18(13)20/h3-4,9-10,23H,2,5-8,11H2,1H3,(H,22,24). The lowest BCUT2D eigenvalue weighted by atomic mass is 9.77. The van der Waals surface area contributed by atoms with Crippen LogP contribution in [0.1, 0.15) is 46.6 Å². The first-order valence-electron chi connectivity index (χ1n) is 9.17. The molecule has 1 fully saturated rings. The van der Waals surface area contributed by atoms with Crippen molar-refractivity contribution < 1.29 is 4.79 Å². The van der Waals surface area contributed by atoms with Crippen LogP contribution in [0.25, 0.3) is 10.9 Å². The molecule has 26 heavy (non-hydrogen) atoms.